The Morgan fingerprint density at radius 2 is 1.86 bits per heavy atom. The number of ether oxygens (including phenoxy) is 2. The van der Waals surface area contributed by atoms with Crippen molar-refractivity contribution in [3.8, 4) is 11.5 Å². The van der Waals surface area contributed by atoms with Crippen LogP contribution >= 0.6 is 23.4 Å². The van der Waals surface area contributed by atoms with Crippen LogP contribution in [0, 0.1) is 19.8 Å². The molecule has 1 fully saturated rings. The Kier molecular flexibility index (Phi) is 8.63. The number of fused-ring (bicyclic) bond motifs is 1. The zero-order valence-corrected chi connectivity index (χ0v) is 24.2. The molecule has 2 heterocycles. The van der Waals surface area contributed by atoms with E-state index in [0.29, 0.717) is 53.2 Å². The third-order valence-corrected chi connectivity index (χ3v) is 9.14. The molecule has 4 rings (SSSR count). The number of pyridine rings is 1. The zero-order chi connectivity index (χ0) is 26.9. The van der Waals surface area contributed by atoms with Crippen LogP contribution in [0.5, 0.6) is 11.5 Å². The quantitative estimate of drug-likeness (QED) is 0.256. The molecule has 2 aromatic rings. The van der Waals surface area contributed by atoms with E-state index in [1.54, 1.807) is 11.8 Å². The van der Waals surface area contributed by atoms with Gasteiger partial charge in [0.15, 0.2) is 17.8 Å². The summed E-state index contributed by atoms with van der Waals surface area (Å²) in [5.74, 6) is 0.564. The fourth-order valence-corrected chi connectivity index (χ4v) is 6.69. The van der Waals surface area contributed by atoms with E-state index in [9.17, 15) is 9.59 Å². The second-order valence-electron chi connectivity index (χ2n) is 10.6. The van der Waals surface area contributed by atoms with E-state index in [4.69, 9.17) is 21.1 Å². The highest BCUT2D eigenvalue weighted by atomic mass is 35.5. The van der Waals surface area contributed by atoms with Gasteiger partial charge in [0.2, 0.25) is 0 Å². The number of aryl methyl sites for hydroxylation is 1. The van der Waals surface area contributed by atoms with E-state index in [-0.39, 0.29) is 11.5 Å². The summed E-state index contributed by atoms with van der Waals surface area (Å²) in [6.45, 7) is 6.74. The molecule has 1 atom stereocenters. The Bertz CT molecular complexity index is 1220. The number of H-pyrrole nitrogens is 1. The SMILES string of the molecule is CSc1cc(C)[nH]c(=O)c1CNCCc1c(Cl)c2c(c(C)c1C=O)OC(C)(C1CCC(N(C)C)CC1)O2. The lowest BCUT2D eigenvalue weighted by atomic mass is 9.81. The van der Waals surface area contributed by atoms with Gasteiger partial charge in [-0.2, -0.15) is 0 Å². The minimum absolute atomic E-state index is 0.0821. The number of carbonyl (C=O) groups is 1. The smallest absolute Gasteiger partial charge is 0.253 e. The lowest BCUT2D eigenvalue weighted by Crippen LogP contribution is -2.46. The van der Waals surface area contributed by atoms with E-state index in [1.165, 1.54) is 0 Å². The first-order chi connectivity index (χ1) is 17.6. The lowest BCUT2D eigenvalue weighted by molar-refractivity contribution is -0.123. The molecule has 0 amide bonds. The number of halogens is 1. The Morgan fingerprint density at radius 1 is 1.19 bits per heavy atom. The predicted molar refractivity (Wildman–Crippen MR) is 150 cm³/mol. The highest BCUT2D eigenvalue weighted by Crippen LogP contribution is 2.53. The van der Waals surface area contributed by atoms with Gasteiger partial charge in [-0.25, -0.2) is 0 Å². The molecule has 1 aromatic carbocycles. The molecule has 9 heteroatoms. The third-order valence-electron chi connectivity index (χ3n) is 7.94. The fraction of sp³-hybridized carbons (Fsp3) is 0.571. The maximum absolute atomic E-state index is 12.4. The molecule has 37 heavy (non-hydrogen) atoms. The summed E-state index contributed by atoms with van der Waals surface area (Å²) in [6, 6.07) is 2.56. The number of nitrogens with one attached hydrogen (secondary N) is 2. The lowest BCUT2D eigenvalue weighted by Gasteiger charge is -2.39. The van der Waals surface area contributed by atoms with Crippen LogP contribution in [0.4, 0.5) is 0 Å². The van der Waals surface area contributed by atoms with Crippen LogP contribution in [0.1, 0.15) is 65.3 Å². The van der Waals surface area contributed by atoms with Crippen LogP contribution in [-0.2, 0) is 13.0 Å². The molecule has 202 valence electrons. The predicted octanol–water partition coefficient (Wildman–Crippen LogP) is 5.12. The van der Waals surface area contributed by atoms with E-state index < -0.39 is 5.79 Å². The Morgan fingerprint density at radius 3 is 2.49 bits per heavy atom. The standard InChI is InChI=1S/C28H38ClN3O4S/c1-16-13-23(37-6)21(27(34)31-16)14-30-12-11-20-22(15-33)17(2)25-26(24(20)29)36-28(3,35-25)18-7-9-19(10-8-18)32(4)5/h13,15,18-19,30H,7-12,14H2,1-6H3,(H,31,34). The van der Waals surface area contributed by atoms with Crippen molar-refractivity contribution in [2.24, 2.45) is 5.92 Å². The van der Waals surface area contributed by atoms with E-state index >= 15 is 0 Å². The van der Waals surface area contributed by atoms with Gasteiger partial charge in [-0.1, -0.05) is 11.6 Å². The third kappa shape index (κ3) is 5.58. The number of hydrogen-bond donors (Lipinski definition) is 2. The van der Waals surface area contributed by atoms with Crippen LogP contribution in [-0.4, -0.2) is 54.9 Å². The molecule has 2 aliphatic rings. The number of hydrogen-bond acceptors (Lipinski definition) is 7. The van der Waals surface area contributed by atoms with Crippen molar-refractivity contribution < 1.29 is 14.3 Å². The maximum atomic E-state index is 12.4. The zero-order valence-electron chi connectivity index (χ0n) is 22.6. The molecule has 1 unspecified atom stereocenters. The average molecular weight is 548 g/mol. The van der Waals surface area contributed by atoms with Gasteiger partial charge in [-0.05, 0) is 84.5 Å². The van der Waals surface area contributed by atoms with Gasteiger partial charge in [0.05, 0.1) is 5.02 Å². The van der Waals surface area contributed by atoms with Crippen LogP contribution in [0.15, 0.2) is 15.8 Å². The first-order valence-corrected chi connectivity index (χ1v) is 14.5. The summed E-state index contributed by atoms with van der Waals surface area (Å²) in [5, 5.41) is 3.79. The first-order valence-electron chi connectivity index (χ1n) is 12.9. The van der Waals surface area contributed by atoms with E-state index in [2.05, 4.69) is 29.3 Å². The molecule has 1 aromatic heterocycles. The number of aldehydes is 1. The van der Waals surface area contributed by atoms with Gasteiger partial charge in [0, 0.05) is 52.7 Å². The van der Waals surface area contributed by atoms with Crippen molar-refractivity contribution in [1.29, 1.82) is 0 Å². The van der Waals surface area contributed by atoms with Gasteiger partial charge >= 0.3 is 0 Å². The molecule has 1 aliphatic carbocycles. The first kappa shape index (κ1) is 28.0. The van der Waals surface area contributed by atoms with Gasteiger partial charge in [0.25, 0.3) is 11.3 Å². The van der Waals surface area contributed by atoms with Crippen molar-refractivity contribution in [2.75, 3.05) is 26.9 Å². The molecule has 0 saturated heterocycles. The maximum Gasteiger partial charge on any atom is 0.253 e. The highest BCUT2D eigenvalue weighted by Gasteiger charge is 2.47. The van der Waals surface area contributed by atoms with Crippen molar-refractivity contribution in [1.82, 2.24) is 15.2 Å². The molecule has 0 bridgehead atoms. The summed E-state index contributed by atoms with van der Waals surface area (Å²) in [7, 11) is 4.26. The Labute approximate surface area is 228 Å². The van der Waals surface area contributed by atoms with Crippen molar-refractivity contribution in [3.63, 3.8) is 0 Å². The largest absolute Gasteiger partial charge is 0.448 e. The molecule has 0 radical (unpaired) electrons. The van der Waals surface area contributed by atoms with Crippen LogP contribution in [0.2, 0.25) is 5.02 Å². The molecule has 1 aliphatic heterocycles. The van der Waals surface area contributed by atoms with E-state index in [0.717, 1.165) is 53.7 Å². The van der Waals surface area contributed by atoms with Gasteiger partial charge < -0.3 is 24.7 Å². The summed E-state index contributed by atoms with van der Waals surface area (Å²) >= 11 is 8.43. The van der Waals surface area contributed by atoms with Gasteiger partial charge in [-0.3, -0.25) is 9.59 Å². The molecular weight excluding hydrogens is 510 g/mol. The second kappa shape index (κ2) is 11.4. The molecule has 7 nitrogen and oxygen atoms in total. The molecule has 2 N–H and O–H groups in total. The number of rotatable bonds is 9. The summed E-state index contributed by atoms with van der Waals surface area (Å²) in [5.41, 5.74) is 3.52. The van der Waals surface area contributed by atoms with Crippen LogP contribution in [0.25, 0.3) is 0 Å². The number of thioether (sulfide) groups is 1. The number of carbonyl (C=O) groups excluding carboxylic acids is 1. The molecule has 0 spiro atoms. The van der Waals surface area contributed by atoms with Crippen molar-refractivity contribution in [3.05, 3.63) is 49.4 Å². The summed E-state index contributed by atoms with van der Waals surface area (Å²) < 4.78 is 12.9. The monoisotopic (exact) mass is 547 g/mol. The Hall–Kier alpha value is -2.00. The minimum Gasteiger partial charge on any atom is -0.448 e. The van der Waals surface area contributed by atoms with Crippen molar-refractivity contribution in [2.45, 2.75) is 76.1 Å². The normalized spacial score (nSPS) is 23.0. The topological polar surface area (TPSA) is 83.7 Å². The number of aromatic nitrogens is 1. The van der Waals surface area contributed by atoms with Gasteiger partial charge in [-0.15, -0.1) is 11.8 Å². The van der Waals surface area contributed by atoms with E-state index in [1.807, 2.05) is 33.1 Å². The highest BCUT2D eigenvalue weighted by molar-refractivity contribution is 7.98. The number of benzene rings is 1. The average Bonchev–Trinajstić information content (AvgIpc) is 3.24. The summed E-state index contributed by atoms with van der Waals surface area (Å²) in [4.78, 5) is 30.7. The Balaban J connectivity index is 1.49. The summed E-state index contributed by atoms with van der Waals surface area (Å²) in [6.07, 6.45) is 7.56. The van der Waals surface area contributed by atoms with Gasteiger partial charge in [0.1, 0.15) is 0 Å². The minimum atomic E-state index is -0.800. The van der Waals surface area contributed by atoms with Crippen LogP contribution in [0.3, 0.4) is 0 Å². The number of aromatic amines is 1. The fourth-order valence-electron chi connectivity index (χ4n) is 5.66. The second-order valence-corrected chi connectivity index (χ2v) is 11.8. The number of nitrogens with zero attached hydrogens (tertiary/aromatic N) is 1. The van der Waals surface area contributed by atoms with Crippen molar-refractivity contribution >= 4 is 29.6 Å². The van der Waals surface area contributed by atoms with Crippen LogP contribution < -0.4 is 20.3 Å². The molecule has 1 saturated carbocycles. The molecular formula is C28H38ClN3O4S.